The van der Waals surface area contributed by atoms with Gasteiger partial charge in [0.25, 0.3) is 0 Å². The summed E-state index contributed by atoms with van der Waals surface area (Å²) in [5, 5.41) is 10.2. The average Bonchev–Trinajstić information content (AvgIpc) is 2.73. The average molecular weight is 238 g/mol. The van der Waals surface area contributed by atoms with Gasteiger partial charge in [0.05, 0.1) is 6.20 Å². The van der Waals surface area contributed by atoms with Crippen molar-refractivity contribution in [3.8, 4) is 0 Å². The van der Waals surface area contributed by atoms with Crippen molar-refractivity contribution in [1.82, 2.24) is 15.1 Å². The number of carbonyl (C=O) groups excluding carboxylic acids is 1. The van der Waals surface area contributed by atoms with Gasteiger partial charge < -0.3 is 10.6 Å². The molecule has 2 N–H and O–H groups in total. The number of amides is 1. The van der Waals surface area contributed by atoms with Gasteiger partial charge in [0, 0.05) is 24.6 Å². The van der Waals surface area contributed by atoms with Crippen LogP contribution in [0.15, 0.2) is 12.3 Å². The molecule has 0 aliphatic carbocycles. The van der Waals surface area contributed by atoms with Gasteiger partial charge in [0.1, 0.15) is 5.82 Å². The van der Waals surface area contributed by atoms with Crippen molar-refractivity contribution >= 4 is 11.7 Å². The normalized spacial score (nSPS) is 12.8. The van der Waals surface area contributed by atoms with Crippen molar-refractivity contribution in [2.24, 2.45) is 5.92 Å². The lowest BCUT2D eigenvalue weighted by Gasteiger charge is -2.15. The molecule has 5 nitrogen and oxygen atoms in total. The van der Waals surface area contributed by atoms with Crippen LogP contribution < -0.4 is 10.6 Å². The first kappa shape index (κ1) is 13.7. The number of hydrogen-bond donors (Lipinski definition) is 2. The Labute approximate surface area is 103 Å². The molecular weight excluding hydrogens is 216 g/mol. The highest BCUT2D eigenvalue weighted by Crippen LogP contribution is 2.13. The van der Waals surface area contributed by atoms with Crippen LogP contribution in [-0.2, 0) is 4.79 Å². The first-order chi connectivity index (χ1) is 8.06. The highest BCUT2D eigenvalue weighted by Gasteiger charge is 2.15. The standard InChI is InChI=1S/C12H22N4O/c1-5-13-8-10(4)12(17)15-11-6-7-14-16(11)9(2)3/h6-7,9-10,13H,5,8H2,1-4H3,(H,15,17). The van der Waals surface area contributed by atoms with Crippen LogP contribution in [0.4, 0.5) is 5.82 Å². The molecule has 1 aromatic heterocycles. The zero-order valence-electron chi connectivity index (χ0n) is 11.0. The Morgan fingerprint density at radius 1 is 1.47 bits per heavy atom. The molecule has 0 saturated heterocycles. The number of anilines is 1. The highest BCUT2D eigenvalue weighted by atomic mass is 16.2. The molecule has 1 aromatic rings. The van der Waals surface area contributed by atoms with E-state index in [1.165, 1.54) is 0 Å². The molecule has 17 heavy (non-hydrogen) atoms. The van der Waals surface area contributed by atoms with Gasteiger partial charge in [0.15, 0.2) is 0 Å². The zero-order chi connectivity index (χ0) is 12.8. The summed E-state index contributed by atoms with van der Waals surface area (Å²) in [6.45, 7) is 9.57. The first-order valence-electron chi connectivity index (χ1n) is 6.11. The van der Waals surface area contributed by atoms with Crippen molar-refractivity contribution < 1.29 is 4.79 Å². The fourth-order valence-electron chi connectivity index (χ4n) is 1.53. The molecule has 1 amide bonds. The van der Waals surface area contributed by atoms with Gasteiger partial charge in [-0.3, -0.25) is 4.79 Å². The molecule has 1 rings (SSSR count). The summed E-state index contributed by atoms with van der Waals surface area (Å²) in [5.41, 5.74) is 0. The molecular formula is C12H22N4O. The van der Waals surface area contributed by atoms with Gasteiger partial charge in [-0.2, -0.15) is 5.10 Å². The van der Waals surface area contributed by atoms with Gasteiger partial charge in [-0.1, -0.05) is 13.8 Å². The lowest BCUT2D eigenvalue weighted by molar-refractivity contribution is -0.119. The SMILES string of the molecule is CCNCC(C)C(=O)Nc1ccnn1C(C)C. The van der Waals surface area contributed by atoms with Crippen molar-refractivity contribution in [1.29, 1.82) is 0 Å². The molecule has 0 aliphatic heterocycles. The van der Waals surface area contributed by atoms with Crippen LogP contribution in [0.2, 0.25) is 0 Å². The highest BCUT2D eigenvalue weighted by molar-refractivity contribution is 5.91. The van der Waals surface area contributed by atoms with E-state index >= 15 is 0 Å². The molecule has 0 aliphatic rings. The minimum absolute atomic E-state index is 0.0216. The maximum Gasteiger partial charge on any atom is 0.229 e. The summed E-state index contributed by atoms with van der Waals surface area (Å²) >= 11 is 0. The second kappa shape index (κ2) is 6.39. The van der Waals surface area contributed by atoms with Gasteiger partial charge in [-0.25, -0.2) is 4.68 Å². The van der Waals surface area contributed by atoms with E-state index in [1.54, 1.807) is 10.9 Å². The third kappa shape index (κ3) is 3.85. The Morgan fingerprint density at radius 3 is 2.76 bits per heavy atom. The number of rotatable bonds is 6. The van der Waals surface area contributed by atoms with E-state index in [-0.39, 0.29) is 17.9 Å². The van der Waals surface area contributed by atoms with E-state index in [2.05, 4.69) is 15.7 Å². The van der Waals surface area contributed by atoms with Gasteiger partial charge in [0.2, 0.25) is 5.91 Å². The number of hydrogen-bond acceptors (Lipinski definition) is 3. The molecule has 0 saturated carbocycles. The Balaban J connectivity index is 2.58. The molecule has 96 valence electrons. The van der Waals surface area contributed by atoms with Crippen LogP contribution in [0.25, 0.3) is 0 Å². The summed E-state index contributed by atoms with van der Waals surface area (Å²) in [6, 6.07) is 2.06. The molecule has 1 unspecified atom stereocenters. The van der Waals surface area contributed by atoms with Crippen LogP contribution in [0, 0.1) is 5.92 Å². The van der Waals surface area contributed by atoms with E-state index in [1.807, 2.05) is 33.8 Å². The van der Waals surface area contributed by atoms with Crippen molar-refractivity contribution in [3.63, 3.8) is 0 Å². The fraction of sp³-hybridized carbons (Fsp3) is 0.667. The minimum Gasteiger partial charge on any atom is -0.316 e. The summed E-state index contributed by atoms with van der Waals surface area (Å²) in [4.78, 5) is 11.9. The lowest BCUT2D eigenvalue weighted by Crippen LogP contribution is -2.31. The van der Waals surface area contributed by atoms with E-state index in [9.17, 15) is 4.79 Å². The summed E-state index contributed by atoms with van der Waals surface area (Å²) in [6.07, 6.45) is 1.70. The van der Waals surface area contributed by atoms with E-state index in [0.717, 1.165) is 12.4 Å². The van der Waals surface area contributed by atoms with Gasteiger partial charge >= 0.3 is 0 Å². The molecule has 0 bridgehead atoms. The second-order valence-corrected chi connectivity index (χ2v) is 4.45. The molecule has 0 fully saturated rings. The number of aromatic nitrogens is 2. The number of carbonyl (C=O) groups is 1. The molecule has 1 heterocycles. The first-order valence-corrected chi connectivity index (χ1v) is 6.11. The summed E-state index contributed by atoms with van der Waals surface area (Å²) in [5.74, 6) is 0.729. The summed E-state index contributed by atoms with van der Waals surface area (Å²) < 4.78 is 1.80. The smallest absolute Gasteiger partial charge is 0.229 e. The third-order valence-corrected chi connectivity index (χ3v) is 2.56. The monoisotopic (exact) mass is 238 g/mol. The van der Waals surface area contributed by atoms with Crippen LogP contribution in [0.1, 0.15) is 33.7 Å². The quantitative estimate of drug-likeness (QED) is 0.792. The van der Waals surface area contributed by atoms with Crippen molar-refractivity contribution in [2.75, 3.05) is 18.4 Å². The summed E-state index contributed by atoms with van der Waals surface area (Å²) in [7, 11) is 0. The van der Waals surface area contributed by atoms with Crippen molar-refractivity contribution in [2.45, 2.75) is 33.7 Å². The van der Waals surface area contributed by atoms with E-state index < -0.39 is 0 Å². The van der Waals surface area contributed by atoms with Gasteiger partial charge in [-0.15, -0.1) is 0 Å². The molecule has 0 spiro atoms. The molecule has 5 heteroatoms. The van der Waals surface area contributed by atoms with Crippen LogP contribution in [-0.4, -0.2) is 28.8 Å². The Hall–Kier alpha value is -1.36. The Morgan fingerprint density at radius 2 is 2.18 bits per heavy atom. The van der Waals surface area contributed by atoms with Crippen LogP contribution in [0.3, 0.4) is 0 Å². The minimum atomic E-state index is -0.0505. The third-order valence-electron chi connectivity index (χ3n) is 2.56. The largest absolute Gasteiger partial charge is 0.316 e. The van der Waals surface area contributed by atoms with E-state index in [4.69, 9.17) is 0 Å². The number of nitrogens with one attached hydrogen (secondary N) is 2. The topological polar surface area (TPSA) is 59.0 Å². The molecule has 0 radical (unpaired) electrons. The molecule has 1 atom stereocenters. The van der Waals surface area contributed by atoms with Crippen LogP contribution >= 0.6 is 0 Å². The predicted octanol–water partition coefficient (Wildman–Crippen LogP) is 1.65. The van der Waals surface area contributed by atoms with Gasteiger partial charge in [-0.05, 0) is 20.4 Å². The Bertz CT molecular complexity index is 359. The van der Waals surface area contributed by atoms with Crippen molar-refractivity contribution in [3.05, 3.63) is 12.3 Å². The van der Waals surface area contributed by atoms with E-state index in [0.29, 0.717) is 6.54 Å². The molecule has 0 aromatic carbocycles. The lowest BCUT2D eigenvalue weighted by atomic mass is 10.1. The maximum atomic E-state index is 11.9. The second-order valence-electron chi connectivity index (χ2n) is 4.45. The predicted molar refractivity (Wildman–Crippen MR) is 68.9 cm³/mol. The van der Waals surface area contributed by atoms with Crippen LogP contribution in [0.5, 0.6) is 0 Å². The zero-order valence-corrected chi connectivity index (χ0v) is 11.0. The maximum absolute atomic E-state index is 11.9. The Kier molecular flexibility index (Phi) is 5.15. The fourth-order valence-corrected chi connectivity index (χ4v) is 1.53. The number of nitrogens with zero attached hydrogens (tertiary/aromatic N) is 2.